The summed E-state index contributed by atoms with van der Waals surface area (Å²) in [7, 11) is 0. The molecule has 18 heavy (non-hydrogen) atoms. The minimum Gasteiger partial charge on any atom is -0.374 e. The zero-order valence-corrected chi connectivity index (χ0v) is 11.3. The Kier molecular flexibility index (Phi) is 3.69. The van der Waals surface area contributed by atoms with Crippen molar-refractivity contribution in [2.24, 2.45) is 5.92 Å². The van der Waals surface area contributed by atoms with Crippen LogP contribution in [-0.4, -0.2) is 14.9 Å². The van der Waals surface area contributed by atoms with Crippen LogP contribution in [0.3, 0.4) is 0 Å². The van der Waals surface area contributed by atoms with Gasteiger partial charge in [0.15, 0.2) is 0 Å². The third-order valence-corrected chi connectivity index (χ3v) is 2.66. The molecule has 0 radical (unpaired) electrons. The highest BCUT2D eigenvalue weighted by molar-refractivity contribution is 5.40. The summed E-state index contributed by atoms with van der Waals surface area (Å²) >= 11 is 0. The van der Waals surface area contributed by atoms with Crippen molar-refractivity contribution in [3.05, 3.63) is 29.9 Å². The molecule has 0 saturated carbocycles. The summed E-state index contributed by atoms with van der Waals surface area (Å²) < 4.78 is 7.02. The fourth-order valence-corrected chi connectivity index (χ4v) is 1.83. The molecule has 1 N–H and O–H groups in total. The molecule has 2 aromatic heterocycles. The van der Waals surface area contributed by atoms with Crippen LogP contribution < -0.4 is 5.32 Å². The molecule has 98 valence electrons. The van der Waals surface area contributed by atoms with E-state index in [2.05, 4.69) is 36.3 Å². The number of hydrogen-bond acceptors (Lipinski definition) is 4. The number of nitrogens with one attached hydrogen (secondary N) is 1. The first kappa shape index (κ1) is 12.7. The third kappa shape index (κ3) is 3.12. The van der Waals surface area contributed by atoms with Gasteiger partial charge in [0.05, 0.1) is 17.9 Å². The van der Waals surface area contributed by atoms with Crippen molar-refractivity contribution < 1.29 is 4.52 Å². The van der Waals surface area contributed by atoms with Gasteiger partial charge in [0.1, 0.15) is 11.5 Å². The van der Waals surface area contributed by atoms with Gasteiger partial charge < -0.3 is 9.84 Å². The van der Waals surface area contributed by atoms with Gasteiger partial charge in [0.25, 0.3) is 0 Å². The molecule has 5 heteroatoms. The minimum absolute atomic E-state index is 0.110. The lowest BCUT2D eigenvalue weighted by atomic mass is 10.2. The molecule has 1 unspecified atom stereocenters. The van der Waals surface area contributed by atoms with Crippen LogP contribution >= 0.6 is 0 Å². The summed E-state index contributed by atoms with van der Waals surface area (Å²) in [6, 6.07) is 2.05. The standard InChI is InChI=1S/C13H20N4O/c1-9(2)7-17-8-12(6-14-17)15-11(4)13-5-10(3)18-16-13/h5-6,8-9,11,15H,7H2,1-4H3. The zero-order chi connectivity index (χ0) is 13.1. The lowest BCUT2D eigenvalue weighted by Crippen LogP contribution is -2.07. The van der Waals surface area contributed by atoms with Crippen LogP contribution in [-0.2, 0) is 6.54 Å². The SMILES string of the molecule is Cc1cc(C(C)Nc2cnn(CC(C)C)c2)no1. The average molecular weight is 248 g/mol. The molecule has 0 aliphatic carbocycles. The van der Waals surface area contributed by atoms with Gasteiger partial charge in [-0.3, -0.25) is 4.68 Å². The lowest BCUT2D eigenvalue weighted by molar-refractivity contribution is 0.388. The van der Waals surface area contributed by atoms with Gasteiger partial charge in [0.2, 0.25) is 0 Å². The Labute approximate surface area is 107 Å². The molecular weight excluding hydrogens is 228 g/mol. The molecule has 0 fully saturated rings. The Morgan fingerprint density at radius 1 is 1.39 bits per heavy atom. The Morgan fingerprint density at radius 2 is 2.17 bits per heavy atom. The summed E-state index contributed by atoms with van der Waals surface area (Å²) in [5, 5.41) is 11.7. The molecule has 1 atom stereocenters. The summed E-state index contributed by atoms with van der Waals surface area (Å²) in [5.41, 5.74) is 1.91. The first-order chi connectivity index (χ1) is 8.54. The topological polar surface area (TPSA) is 55.9 Å². The predicted octanol–water partition coefficient (Wildman–Crippen LogP) is 3.01. The van der Waals surface area contributed by atoms with Crippen LogP contribution in [0.2, 0.25) is 0 Å². The van der Waals surface area contributed by atoms with E-state index in [1.165, 1.54) is 0 Å². The molecule has 0 aliphatic rings. The van der Waals surface area contributed by atoms with Crippen molar-refractivity contribution >= 4 is 5.69 Å². The predicted molar refractivity (Wildman–Crippen MR) is 70.3 cm³/mol. The van der Waals surface area contributed by atoms with Crippen LogP contribution in [0.5, 0.6) is 0 Å². The van der Waals surface area contributed by atoms with Gasteiger partial charge in [-0.25, -0.2) is 0 Å². The van der Waals surface area contributed by atoms with Crippen molar-refractivity contribution in [2.75, 3.05) is 5.32 Å². The Morgan fingerprint density at radius 3 is 2.78 bits per heavy atom. The number of nitrogens with zero attached hydrogens (tertiary/aromatic N) is 3. The summed E-state index contributed by atoms with van der Waals surface area (Å²) in [5.74, 6) is 1.42. The second-order valence-electron chi connectivity index (χ2n) is 5.07. The molecule has 0 aromatic carbocycles. The van der Waals surface area contributed by atoms with Crippen molar-refractivity contribution in [3.63, 3.8) is 0 Å². The van der Waals surface area contributed by atoms with Crippen LogP contribution in [0.1, 0.15) is 38.3 Å². The van der Waals surface area contributed by atoms with E-state index in [1.54, 1.807) is 0 Å². The molecule has 0 spiro atoms. The van der Waals surface area contributed by atoms with Gasteiger partial charge in [-0.2, -0.15) is 5.10 Å². The van der Waals surface area contributed by atoms with Gasteiger partial charge in [-0.1, -0.05) is 19.0 Å². The zero-order valence-electron chi connectivity index (χ0n) is 11.3. The highest BCUT2D eigenvalue weighted by Crippen LogP contribution is 2.18. The molecule has 0 bridgehead atoms. The maximum atomic E-state index is 5.07. The fourth-order valence-electron chi connectivity index (χ4n) is 1.83. The molecule has 2 heterocycles. The first-order valence-electron chi connectivity index (χ1n) is 6.27. The minimum atomic E-state index is 0.110. The monoisotopic (exact) mass is 248 g/mol. The maximum absolute atomic E-state index is 5.07. The second-order valence-corrected chi connectivity index (χ2v) is 5.07. The Bertz CT molecular complexity index is 501. The molecule has 5 nitrogen and oxygen atoms in total. The Hall–Kier alpha value is -1.78. The number of aryl methyl sites for hydroxylation is 1. The van der Waals surface area contributed by atoms with Gasteiger partial charge in [-0.05, 0) is 19.8 Å². The summed E-state index contributed by atoms with van der Waals surface area (Å²) in [6.45, 7) is 9.23. The Balaban J connectivity index is 1.98. The molecular formula is C13H20N4O. The van der Waals surface area contributed by atoms with Gasteiger partial charge >= 0.3 is 0 Å². The second kappa shape index (κ2) is 5.25. The van der Waals surface area contributed by atoms with Crippen molar-refractivity contribution in [1.82, 2.24) is 14.9 Å². The van der Waals surface area contributed by atoms with Crippen LogP contribution in [0.25, 0.3) is 0 Å². The normalized spacial score (nSPS) is 12.9. The van der Waals surface area contributed by atoms with E-state index in [0.29, 0.717) is 5.92 Å². The van der Waals surface area contributed by atoms with E-state index < -0.39 is 0 Å². The molecule has 2 aromatic rings. The quantitative estimate of drug-likeness (QED) is 0.883. The van der Waals surface area contributed by atoms with Crippen LogP contribution in [0.15, 0.2) is 23.0 Å². The third-order valence-electron chi connectivity index (χ3n) is 2.66. The van der Waals surface area contributed by atoms with E-state index in [-0.39, 0.29) is 6.04 Å². The molecule has 0 aliphatic heterocycles. The number of aromatic nitrogens is 3. The van der Waals surface area contributed by atoms with Crippen LogP contribution in [0, 0.1) is 12.8 Å². The van der Waals surface area contributed by atoms with E-state index in [9.17, 15) is 0 Å². The van der Waals surface area contributed by atoms with E-state index in [4.69, 9.17) is 4.52 Å². The average Bonchev–Trinajstić information content (AvgIpc) is 2.87. The maximum Gasteiger partial charge on any atom is 0.134 e. The summed E-state index contributed by atoms with van der Waals surface area (Å²) in [6.07, 6.45) is 3.86. The van der Waals surface area contributed by atoms with E-state index in [1.807, 2.05) is 30.1 Å². The first-order valence-corrected chi connectivity index (χ1v) is 6.27. The van der Waals surface area contributed by atoms with E-state index in [0.717, 1.165) is 23.7 Å². The fraction of sp³-hybridized carbons (Fsp3) is 0.538. The molecule has 0 saturated heterocycles. The molecule has 2 rings (SSSR count). The van der Waals surface area contributed by atoms with E-state index >= 15 is 0 Å². The van der Waals surface area contributed by atoms with Crippen molar-refractivity contribution in [3.8, 4) is 0 Å². The number of rotatable bonds is 5. The molecule has 0 amide bonds. The number of hydrogen-bond donors (Lipinski definition) is 1. The lowest BCUT2D eigenvalue weighted by Gasteiger charge is -2.09. The van der Waals surface area contributed by atoms with Gasteiger partial charge in [0, 0.05) is 18.8 Å². The highest BCUT2D eigenvalue weighted by atomic mass is 16.5. The van der Waals surface area contributed by atoms with Crippen LogP contribution in [0.4, 0.5) is 5.69 Å². The number of anilines is 1. The van der Waals surface area contributed by atoms with Crippen molar-refractivity contribution in [2.45, 2.75) is 40.3 Å². The van der Waals surface area contributed by atoms with Crippen molar-refractivity contribution in [1.29, 1.82) is 0 Å². The largest absolute Gasteiger partial charge is 0.374 e. The smallest absolute Gasteiger partial charge is 0.134 e. The highest BCUT2D eigenvalue weighted by Gasteiger charge is 2.11. The summed E-state index contributed by atoms with van der Waals surface area (Å²) in [4.78, 5) is 0. The van der Waals surface area contributed by atoms with Gasteiger partial charge in [-0.15, -0.1) is 0 Å².